The van der Waals surface area contributed by atoms with Gasteiger partial charge in [-0.15, -0.1) is 0 Å². The summed E-state index contributed by atoms with van der Waals surface area (Å²) in [5.74, 6) is 2.81. The molecule has 0 saturated carbocycles. The van der Waals surface area contributed by atoms with Crippen molar-refractivity contribution in [1.29, 1.82) is 0 Å². The summed E-state index contributed by atoms with van der Waals surface area (Å²) in [4.78, 5) is 22.9. The largest absolute Gasteiger partial charge is 0.338 e. The van der Waals surface area contributed by atoms with E-state index >= 15 is 0 Å². The van der Waals surface area contributed by atoms with E-state index in [-0.39, 0.29) is 11.9 Å². The highest BCUT2D eigenvalue weighted by atomic mass is 32.2. The number of imide groups is 1. The van der Waals surface area contributed by atoms with E-state index in [0.29, 0.717) is 12.5 Å². The van der Waals surface area contributed by atoms with Crippen LogP contribution in [0.4, 0.5) is 4.79 Å². The molecule has 0 aliphatic carbocycles. The van der Waals surface area contributed by atoms with Crippen LogP contribution in [-0.2, 0) is 4.79 Å². The van der Waals surface area contributed by atoms with Crippen LogP contribution in [0.2, 0.25) is 0 Å². The van der Waals surface area contributed by atoms with Crippen molar-refractivity contribution in [2.24, 2.45) is 5.92 Å². The number of thioether (sulfide) groups is 1. The molecule has 1 aliphatic heterocycles. The Kier molecular flexibility index (Phi) is 7.12. The first kappa shape index (κ1) is 15.3. The number of urea groups is 1. The van der Waals surface area contributed by atoms with Crippen molar-refractivity contribution >= 4 is 23.7 Å². The Bertz CT molecular complexity index is 280. The second-order valence-electron chi connectivity index (χ2n) is 4.53. The van der Waals surface area contributed by atoms with Crippen molar-refractivity contribution in [3.05, 3.63) is 0 Å². The fourth-order valence-electron chi connectivity index (χ4n) is 1.81. The van der Waals surface area contributed by atoms with Crippen LogP contribution in [0.5, 0.6) is 0 Å². The van der Waals surface area contributed by atoms with Gasteiger partial charge in [0.1, 0.15) is 0 Å². The molecule has 0 aromatic heterocycles. The second-order valence-corrected chi connectivity index (χ2v) is 5.76. The van der Waals surface area contributed by atoms with Gasteiger partial charge in [-0.2, -0.15) is 11.8 Å². The van der Waals surface area contributed by atoms with Crippen LogP contribution < -0.4 is 16.0 Å². The van der Waals surface area contributed by atoms with Gasteiger partial charge in [-0.3, -0.25) is 10.1 Å². The standard InChI is InChI=1S/C12H23N3O2S/c1-3-13-12(17)15-11(16)9(2)14-8-10-4-6-18-7-5-10/h9-10,14H,3-8H2,1-2H3,(H2,13,15,16,17). The molecule has 3 amide bonds. The fraction of sp³-hybridized carbons (Fsp3) is 0.833. The molecule has 1 heterocycles. The van der Waals surface area contributed by atoms with Crippen LogP contribution in [0, 0.1) is 5.92 Å². The molecule has 1 aliphatic rings. The van der Waals surface area contributed by atoms with Crippen molar-refractivity contribution in [2.75, 3.05) is 24.6 Å². The molecule has 1 rings (SSSR count). The van der Waals surface area contributed by atoms with Crippen molar-refractivity contribution in [3.63, 3.8) is 0 Å². The Balaban J connectivity index is 2.20. The zero-order valence-electron chi connectivity index (χ0n) is 11.1. The summed E-state index contributed by atoms with van der Waals surface area (Å²) < 4.78 is 0. The highest BCUT2D eigenvalue weighted by molar-refractivity contribution is 7.99. The van der Waals surface area contributed by atoms with Crippen LogP contribution in [0.3, 0.4) is 0 Å². The Morgan fingerprint density at radius 3 is 2.61 bits per heavy atom. The zero-order chi connectivity index (χ0) is 13.4. The van der Waals surface area contributed by atoms with Gasteiger partial charge in [0, 0.05) is 6.54 Å². The molecule has 0 bridgehead atoms. The fourth-order valence-corrected chi connectivity index (χ4v) is 3.02. The summed E-state index contributed by atoms with van der Waals surface area (Å²) in [5, 5.41) is 8.05. The molecule has 1 saturated heterocycles. The first-order valence-electron chi connectivity index (χ1n) is 6.53. The lowest BCUT2D eigenvalue weighted by Crippen LogP contribution is -2.49. The lowest BCUT2D eigenvalue weighted by atomic mass is 10.0. The number of nitrogens with one attached hydrogen (secondary N) is 3. The minimum atomic E-state index is -0.426. The lowest BCUT2D eigenvalue weighted by molar-refractivity contribution is -0.121. The molecule has 0 aromatic rings. The van der Waals surface area contributed by atoms with Crippen LogP contribution in [0.25, 0.3) is 0 Å². The predicted molar refractivity (Wildman–Crippen MR) is 74.7 cm³/mol. The highest BCUT2D eigenvalue weighted by Gasteiger charge is 2.18. The van der Waals surface area contributed by atoms with E-state index in [1.54, 1.807) is 6.92 Å². The number of hydrogen-bond donors (Lipinski definition) is 3. The second kappa shape index (κ2) is 8.37. The average molecular weight is 273 g/mol. The van der Waals surface area contributed by atoms with E-state index in [4.69, 9.17) is 0 Å². The lowest BCUT2D eigenvalue weighted by Gasteiger charge is -2.23. The van der Waals surface area contributed by atoms with Crippen molar-refractivity contribution in [1.82, 2.24) is 16.0 Å². The maximum absolute atomic E-state index is 11.7. The van der Waals surface area contributed by atoms with E-state index in [1.807, 2.05) is 18.7 Å². The van der Waals surface area contributed by atoms with Gasteiger partial charge in [-0.05, 0) is 50.7 Å². The molecule has 18 heavy (non-hydrogen) atoms. The van der Waals surface area contributed by atoms with Gasteiger partial charge in [-0.25, -0.2) is 4.79 Å². The molecular weight excluding hydrogens is 250 g/mol. The van der Waals surface area contributed by atoms with Crippen molar-refractivity contribution < 1.29 is 9.59 Å². The van der Waals surface area contributed by atoms with E-state index in [0.717, 1.165) is 6.54 Å². The maximum atomic E-state index is 11.7. The van der Waals surface area contributed by atoms with E-state index in [9.17, 15) is 9.59 Å². The summed E-state index contributed by atoms with van der Waals surface area (Å²) in [6.45, 7) is 4.96. The zero-order valence-corrected chi connectivity index (χ0v) is 11.9. The third-order valence-electron chi connectivity index (χ3n) is 3.02. The molecule has 104 valence electrons. The smallest absolute Gasteiger partial charge is 0.321 e. The van der Waals surface area contributed by atoms with E-state index in [2.05, 4.69) is 16.0 Å². The molecule has 3 N–H and O–H groups in total. The molecule has 0 radical (unpaired) electrons. The third kappa shape index (κ3) is 5.73. The summed E-state index contributed by atoms with van der Waals surface area (Å²) in [5.41, 5.74) is 0. The molecule has 1 fully saturated rings. The monoisotopic (exact) mass is 273 g/mol. The molecule has 5 nitrogen and oxygen atoms in total. The average Bonchev–Trinajstić information content (AvgIpc) is 2.37. The number of carbonyl (C=O) groups excluding carboxylic acids is 2. The van der Waals surface area contributed by atoms with Crippen LogP contribution in [-0.4, -0.2) is 42.6 Å². The van der Waals surface area contributed by atoms with Gasteiger partial charge < -0.3 is 10.6 Å². The molecule has 6 heteroatoms. The highest BCUT2D eigenvalue weighted by Crippen LogP contribution is 2.21. The topological polar surface area (TPSA) is 70.2 Å². The van der Waals surface area contributed by atoms with Gasteiger partial charge in [0.05, 0.1) is 6.04 Å². The molecule has 0 aromatic carbocycles. The summed E-state index contributed by atoms with van der Waals surface area (Å²) in [7, 11) is 0. The third-order valence-corrected chi connectivity index (χ3v) is 4.07. The van der Waals surface area contributed by atoms with Crippen LogP contribution in [0.1, 0.15) is 26.7 Å². The van der Waals surface area contributed by atoms with Crippen LogP contribution >= 0.6 is 11.8 Å². The first-order valence-corrected chi connectivity index (χ1v) is 7.68. The number of amides is 3. The predicted octanol–water partition coefficient (Wildman–Crippen LogP) is 0.953. The molecule has 0 spiro atoms. The molecule has 1 atom stereocenters. The Morgan fingerprint density at radius 1 is 1.33 bits per heavy atom. The molecule has 1 unspecified atom stereocenters. The van der Waals surface area contributed by atoms with Crippen molar-refractivity contribution in [2.45, 2.75) is 32.7 Å². The maximum Gasteiger partial charge on any atom is 0.321 e. The number of hydrogen-bond acceptors (Lipinski definition) is 4. The minimum Gasteiger partial charge on any atom is -0.338 e. The summed E-state index contributed by atoms with van der Waals surface area (Å²) >= 11 is 1.99. The summed E-state index contributed by atoms with van der Waals surface area (Å²) in [6, 6.07) is -0.757. The quantitative estimate of drug-likeness (QED) is 0.697. The van der Waals surface area contributed by atoms with E-state index < -0.39 is 6.03 Å². The van der Waals surface area contributed by atoms with Gasteiger partial charge >= 0.3 is 6.03 Å². The van der Waals surface area contributed by atoms with E-state index in [1.165, 1.54) is 24.3 Å². The Labute approximate surface area is 113 Å². The Hall–Kier alpha value is -0.750. The number of carbonyl (C=O) groups is 2. The Morgan fingerprint density at radius 2 is 2.00 bits per heavy atom. The van der Waals surface area contributed by atoms with Crippen molar-refractivity contribution in [3.8, 4) is 0 Å². The molecular formula is C12H23N3O2S. The van der Waals surface area contributed by atoms with Gasteiger partial charge in [0.15, 0.2) is 0 Å². The first-order chi connectivity index (χ1) is 8.63. The summed E-state index contributed by atoms with van der Waals surface area (Å²) in [6.07, 6.45) is 2.42. The number of rotatable bonds is 5. The SMILES string of the molecule is CCNC(=O)NC(=O)C(C)NCC1CCSCC1. The van der Waals surface area contributed by atoms with Gasteiger partial charge in [-0.1, -0.05) is 0 Å². The van der Waals surface area contributed by atoms with Gasteiger partial charge in [0.25, 0.3) is 0 Å². The normalized spacial score (nSPS) is 18.1. The van der Waals surface area contributed by atoms with Crippen LogP contribution in [0.15, 0.2) is 0 Å². The van der Waals surface area contributed by atoms with Gasteiger partial charge in [0.2, 0.25) is 5.91 Å². The minimum absolute atomic E-state index is 0.272.